The highest BCUT2D eigenvalue weighted by Gasteiger charge is 2.32. The standard InChI is InChI=1S/C10H20N2O/c11-8-4-9(5-8)12-10-3-1-2-7(10)6-13/h7-10,12-13H,1-6,11H2. The molecule has 2 rings (SSSR count). The van der Waals surface area contributed by atoms with Crippen LogP contribution in [0.4, 0.5) is 0 Å². The van der Waals surface area contributed by atoms with Crippen molar-refractivity contribution in [3.63, 3.8) is 0 Å². The average molecular weight is 184 g/mol. The van der Waals surface area contributed by atoms with Crippen LogP contribution in [0.25, 0.3) is 0 Å². The van der Waals surface area contributed by atoms with Crippen LogP contribution >= 0.6 is 0 Å². The molecule has 2 fully saturated rings. The number of hydrogen-bond donors (Lipinski definition) is 3. The van der Waals surface area contributed by atoms with Gasteiger partial charge in [-0.2, -0.15) is 0 Å². The van der Waals surface area contributed by atoms with Crippen LogP contribution in [0.3, 0.4) is 0 Å². The number of nitrogens with two attached hydrogens (primary N) is 1. The normalized spacial score (nSPS) is 44.8. The van der Waals surface area contributed by atoms with Crippen LogP contribution in [0.5, 0.6) is 0 Å². The van der Waals surface area contributed by atoms with Crippen molar-refractivity contribution in [3.8, 4) is 0 Å². The summed E-state index contributed by atoms with van der Waals surface area (Å²) >= 11 is 0. The third kappa shape index (κ3) is 2.03. The second-order valence-electron chi connectivity index (χ2n) is 4.58. The van der Waals surface area contributed by atoms with Crippen LogP contribution in [0.2, 0.25) is 0 Å². The zero-order valence-electron chi connectivity index (χ0n) is 8.08. The lowest BCUT2D eigenvalue weighted by atomic mass is 9.86. The highest BCUT2D eigenvalue weighted by atomic mass is 16.3. The first-order chi connectivity index (χ1) is 6.29. The van der Waals surface area contributed by atoms with Crippen molar-refractivity contribution in [1.29, 1.82) is 0 Å². The summed E-state index contributed by atoms with van der Waals surface area (Å²) in [6, 6.07) is 1.61. The van der Waals surface area contributed by atoms with Crippen LogP contribution in [0.15, 0.2) is 0 Å². The largest absolute Gasteiger partial charge is 0.396 e. The summed E-state index contributed by atoms with van der Waals surface area (Å²) in [6.07, 6.45) is 5.93. The third-order valence-corrected chi connectivity index (χ3v) is 3.52. The maximum atomic E-state index is 9.13. The molecule has 2 atom stereocenters. The number of nitrogens with one attached hydrogen (secondary N) is 1. The van der Waals surface area contributed by atoms with E-state index in [0.29, 0.717) is 30.7 Å². The Morgan fingerprint density at radius 2 is 2.08 bits per heavy atom. The molecule has 0 aromatic heterocycles. The molecule has 0 aromatic rings. The summed E-state index contributed by atoms with van der Waals surface area (Å²) in [7, 11) is 0. The molecule has 76 valence electrons. The Morgan fingerprint density at radius 3 is 2.69 bits per heavy atom. The van der Waals surface area contributed by atoms with E-state index in [0.717, 1.165) is 12.8 Å². The van der Waals surface area contributed by atoms with Gasteiger partial charge in [0.25, 0.3) is 0 Å². The summed E-state index contributed by atoms with van der Waals surface area (Å²) in [6.45, 7) is 0.344. The van der Waals surface area contributed by atoms with E-state index in [1.807, 2.05) is 0 Å². The molecule has 0 amide bonds. The second-order valence-corrected chi connectivity index (χ2v) is 4.58. The summed E-state index contributed by atoms with van der Waals surface area (Å²) < 4.78 is 0. The van der Waals surface area contributed by atoms with Crippen molar-refractivity contribution in [2.75, 3.05) is 6.61 Å². The molecule has 0 radical (unpaired) electrons. The summed E-state index contributed by atoms with van der Waals surface area (Å²) in [4.78, 5) is 0. The molecule has 0 aliphatic heterocycles. The summed E-state index contributed by atoms with van der Waals surface area (Å²) in [5.41, 5.74) is 5.72. The minimum atomic E-state index is 0.344. The van der Waals surface area contributed by atoms with Gasteiger partial charge in [-0.25, -0.2) is 0 Å². The first kappa shape index (κ1) is 9.44. The molecule has 0 aromatic carbocycles. The molecule has 4 N–H and O–H groups in total. The van der Waals surface area contributed by atoms with E-state index in [1.54, 1.807) is 0 Å². The monoisotopic (exact) mass is 184 g/mol. The highest BCUT2D eigenvalue weighted by molar-refractivity contribution is 4.93. The molecular weight excluding hydrogens is 164 g/mol. The Hall–Kier alpha value is -0.120. The zero-order valence-corrected chi connectivity index (χ0v) is 8.08. The predicted octanol–water partition coefficient (Wildman–Crippen LogP) is 0.227. The predicted molar refractivity (Wildman–Crippen MR) is 52.3 cm³/mol. The Balaban J connectivity index is 1.74. The molecule has 0 heterocycles. The van der Waals surface area contributed by atoms with Crippen molar-refractivity contribution < 1.29 is 5.11 Å². The van der Waals surface area contributed by atoms with Crippen molar-refractivity contribution in [1.82, 2.24) is 5.32 Å². The fourth-order valence-corrected chi connectivity index (χ4v) is 2.58. The number of aliphatic hydroxyl groups is 1. The van der Waals surface area contributed by atoms with Gasteiger partial charge >= 0.3 is 0 Å². The molecule has 2 aliphatic rings. The van der Waals surface area contributed by atoms with Gasteiger partial charge in [0.1, 0.15) is 0 Å². The maximum Gasteiger partial charge on any atom is 0.0474 e. The van der Waals surface area contributed by atoms with Crippen LogP contribution in [-0.4, -0.2) is 29.8 Å². The Kier molecular flexibility index (Phi) is 2.86. The zero-order chi connectivity index (χ0) is 9.26. The topological polar surface area (TPSA) is 58.3 Å². The van der Waals surface area contributed by atoms with Crippen LogP contribution < -0.4 is 11.1 Å². The molecular formula is C10H20N2O. The first-order valence-corrected chi connectivity index (χ1v) is 5.42. The van der Waals surface area contributed by atoms with Crippen molar-refractivity contribution in [2.24, 2.45) is 11.7 Å². The van der Waals surface area contributed by atoms with E-state index in [-0.39, 0.29) is 0 Å². The summed E-state index contributed by atoms with van der Waals surface area (Å²) in [5.74, 6) is 0.497. The van der Waals surface area contributed by atoms with Crippen molar-refractivity contribution in [3.05, 3.63) is 0 Å². The van der Waals surface area contributed by atoms with Crippen LogP contribution in [-0.2, 0) is 0 Å². The molecule has 0 spiro atoms. The van der Waals surface area contributed by atoms with E-state index < -0.39 is 0 Å². The molecule has 3 heteroatoms. The van der Waals surface area contributed by atoms with Gasteiger partial charge in [0, 0.05) is 24.7 Å². The van der Waals surface area contributed by atoms with Gasteiger partial charge in [0.2, 0.25) is 0 Å². The SMILES string of the molecule is NC1CC(NC2CCCC2CO)C1. The number of aliphatic hydroxyl groups excluding tert-OH is 1. The van der Waals surface area contributed by atoms with Crippen molar-refractivity contribution in [2.45, 2.75) is 50.2 Å². The number of hydrogen-bond acceptors (Lipinski definition) is 3. The van der Waals surface area contributed by atoms with Gasteiger partial charge in [-0.1, -0.05) is 6.42 Å². The molecule has 3 nitrogen and oxygen atoms in total. The first-order valence-electron chi connectivity index (χ1n) is 5.42. The highest BCUT2D eigenvalue weighted by Crippen LogP contribution is 2.28. The van der Waals surface area contributed by atoms with Gasteiger partial charge in [-0.3, -0.25) is 0 Å². The van der Waals surface area contributed by atoms with Crippen LogP contribution in [0, 0.1) is 5.92 Å². The quantitative estimate of drug-likeness (QED) is 0.588. The van der Waals surface area contributed by atoms with E-state index in [9.17, 15) is 0 Å². The summed E-state index contributed by atoms with van der Waals surface area (Å²) in [5, 5.41) is 12.7. The van der Waals surface area contributed by atoms with Crippen LogP contribution in [0.1, 0.15) is 32.1 Å². The molecule has 0 bridgehead atoms. The van der Waals surface area contributed by atoms with E-state index >= 15 is 0 Å². The lowest BCUT2D eigenvalue weighted by Crippen LogP contribution is -2.52. The maximum absolute atomic E-state index is 9.13. The lowest BCUT2D eigenvalue weighted by Gasteiger charge is -2.36. The fraction of sp³-hybridized carbons (Fsp3) is 1.00. The Bertz CT molecular complexity index is 168. The minimum Gasteiger partial charge on any atom is -0.396 e. The minimum absolute atomic E-state index is 0.344. The van der Waals surface area contributed by atoms with Gasteiger partial charge in [0.05, 0.1) is 0 Å². The van der Waals surface area contributed by atoms with Gasteiger partial charge < -0.3 is 16.2 Å². The third-order valence-electron chi connectivity index (χ3n) is 3.52. The Labute approximate surface area is 79.7 Å². The second kappa shape index (κ2) is 3.95. The van der Waals surface area contributed by atoms with Gasteiger partial charge in [-0.05, 0) is 31.6 Å². The van der Waals surface area contributed by atoms with E-state index in [2.05, 4.69) is 5.32 Å². The van der Waals surface area contributed by atoms with E-state index in [4.69, 9.17) is 10.8 Å². The molecule has 2 aliphatic carbocycles. The molecule has 2 saturated carbocycles. The molecule has 2 unspecified atom stereocenters. The molecule has 0 saturated heterocycles. The lowest BCUT2D eigenvalue weighted by molar-refractivity contribution is 0.180. The van der Waals surface area contributed by atoms with Gasteiger partial charge in [-0.15, -0.1) is 0 Å². The number of rotatable bonds is 3. The molecule has 13 heavy (non-hydrogen) atoms. The average Bonchev–Trinajstić information content (AvgIpc) is 2.49. The van der Waals surface area contributed by atoms with Gasteiger partial charge in [0.15, 0.2) is 0 Å². The smallest absolute Gasteiger partial charge is 0.0474 e. The van der Waals surface area contributed by atoms with E-state index in [1.165, 1.54) is 19.3 Å². The van der Waals surface area contributed by atoms with Crippen molar-refractivity contribution >= 4 is 0 Å². The Morgan fingerprint density at radius 1 is 1.31 bits per heavy atom. The fourth-order valence-electron chi connectivity index (χ4n) is 2.58.